The summed E-state index contributed by atoms with van der Waals surface area (Å²) in [5.41, 5.74) is 2.23. The fraction of sp³-hybridized carbons (Fsp3) is 0.500. The molecule has 0 radical (unpaired) electrons. The van der Waals surface area contributed by atoms with Crippen LogP contribution in [0.25, 0.3) is 0 Å². The second kappa shape index (κ2) is 7.57. The molecule has 2 aromatic rings. The van der Waals surface area contributed by atoms with E-state index in [4.69, 9.17) is 0 Å². The monoisotopic (exact) mass is 326 g/mol. The highest BCUT2D eigenvalue weighted by molar-refractivity contribution is 5.41. The summed E-state index contributed by atoms with van der Waals surface area (Å²) >= 11 is 0. The van der Waals surface area contributed by atoms with Gasteiger partial charge in [-0.05, 0) is 44.5 Å². The normalized spacial score (nSPS) is 18.4. The van der Waals surface area contributed by atoms with E-state index in [2.05, 4.69) is 37.3 Å². The summed E-state index contributed by atoms with van der Waals surface area (Å²) in [4.78, 5) is 17.8. The molecule has 2 aromatic heterocycles. The molecule has 0 saturated carbocycles. The van der Waals surface area contributed by atoms with E-state index in [1.807, 2.05) is 44.2 Å². The van der Waals surface area contributed by atoms with Crippen LogP contribution in [0.2, 0.25) is 0 Å². The Labute approximate surface area is 143 Å². The van der Waals surface area contributed by atoms with Gasteiger partial charge in [-0.25, -0.2) is 4.98 Å². The zero-order chi connectivity index (χ0) is 16.9. The number of hydrogen-bond donors (Lipinski definition) is 1. The number of rotatable bonds is 5. The van der Waals surface area contributed by atoms with Gasteiger partial charge in [0, 0.05) is 45.1 Å². The Morgan fingerprint density at radius 3 is 2.92 bits per heavy atom. The molecule has 1 saturated heterocycles. The van der Waals surface area contributed by atoms with Crippen LogP contribution < -0.4 is 10.2 Å². The SMILES string of the molecule is Cc1cccc(CN2CCCC(Nc3ccnc(N(C)C)n3)C2)n1. The zero-order valence-electron chi connectivity index (χ0n) is 14.7. The molecule has 0 aromatic carbocycles. The average molecular weight is 326 g/mol. The molecule has 1 fully saturated rings. The maximum absolute atomic E-state index is 4.62. The van der Waals surface area contributed by atoms with E-state index < -0.39 is 0 Å². The van der Waals surface area contributed by atoms with Gasteiger partial charge in [-0.1, -0.05) is 6.07 Å². The van der Waals surface area contributed by atoms with Crippen LogP contribution in [0, 0.1) is 6.92 Å². The maximum atomic E-state index is 4.62. The maximum Gasteiger partial charge on any atom is 0.226 e. The first-order valence-electron chi connectivity index (χ1n) is 8.52. The first-order valence-corrected chi connectivity index (χ1v) is 8.52. The van der Waals surface area contributed by atoms with Crippen LogP contribution in [0.15, 0.2) is 30.5 Å². The lowest BCUT2D eigenvalue weighted by Gasteiger charge is -2.33. The first kappa shape index (κ1) is 16.6. The van der Waals surface area contributed by atoms with E-state index in [9.17, 15) is 0 Å². The van der Waals surface area contributed by atoms with Gasteiger partial charge in [0.1, 0.15) is 5.82 Å². The quantitative estimate of drug-likeness (QED) is 0.910. The van der Waals surface area contributed by atoms with Crippen molar-refractivity contribution in [1.29, 1.82) is 0 Å². The third kappa shape index (κ3) is 4.41. The summed E-state index contributed by atoms with van der Waals surface area (Å²) in [5.74, 6) is 1.63. The van der Waals surface area contributed by atoms with E-state index in [1.165, 1.54) is 12.8 Å². The second-order valence-corrected chi connectivity index (χ2v) is 6.63. The summed E-state index contributed by atoms with van der Waals surface area (Å²) in [5, 5.41) is 3.56. The van der Waals surface area contributed by atoms with Crippen molar-refractivity contribution in [2.45, 2.75) is 32.4 Å². The number of nitrogens with zero attached hydrogens (tertiary/aromatic N) is 5. The van der Waals surface area contributed by atoms with Crippen LogP contribution in [-0.4, -0.2) is 53.1 Å². The zero-order valence-corrected chi connectivity index (χ0v) is 14.7. The standard InChI is InChI=1S/C18H26N6/c1-14-6-4-7-15(20-14)12-24-11-5-8-16(13-24)21-17-9-10-19-18(22-17)23(2)3/h4,6-7,9-10,16H,5,8,11-13H2,1-3H3,(H,19,21,22). The van der Waals surface area contributed by atoms with E-state index >= 15 is 0 Å². The van der Waals surface area contributed by atoms with Crippen molar-refractivity contribution in [2.75, 3.05) is 37.4 Å². The number of nitrogens with one attached hydrogen (secondary N) is 1. The number of pyridine rings is 1. The molecular formula is C18H26N6. The van der Waals surface area contributed by atoms with Gasteiger partial charge in [-0.15, -0.1) is 0 Å². The summed E-state index contributed by atoms with van der Waals surface area (Å²) in [6.07, 6.45) is 4.16. The molecule has 6 nitrogen and oxygen atoms in total. The Balaban J connectivity index is 1.60. The van der Waals surface area contributed by atoms with Crippen molar-refractivity contribution in [3.8, 4) is 0 Å². The fourth-order valence-corrected chi connectivity index (χ4v) is 3.09. The van der Waals surface area contributed by atoms with Crippen molar-refractivity contribution < 1.29 is 0 Å². The first-order chi connectivity index (χ1) is 11.6. The summed E-state index contributed by atoms with van der Waals surface area (Å²) in [6, 6.07) is 8.59. The van der Waals surface area contributed by atoms with Gasteiger partial charge in [0.05, 0.1) is 5.69 Å². The molecule has 128 valence electrons. The lowest BCUT2D eigenvalue weighted by atomic mass is 10.1. The lowest BCUT2D eigenvalue weighted by Crippen LogP contribution is -2.41. The number of aromatic nitrogens is 3. The third-order valence-electron chi connectivity index (χ3n) is 4.23. The molecule has 3 rings (SSSR count). The Morgan fingerprint density at radius 2 is 2.12 bits per heavy atom. The predicted octanol–water partition coefficient (Wildman–Crippen LogP) is 2.32. The van der Waals surface area contributed by atoms with Crippen LogP contribution in [-0.2, 0) is 6.54 Å². The molecule has 1 atom stereocenters. The van der Waals surface area contributed by atoms with E-state index in [-0.39, 0.29) is 0 Å². The van der Waals surface area contributed by atoms with Crippen molar-refractivity contribution >= 4 is 11.8 Å². The molecule has 1 N–H and O–H groups in total. The van der Waals surface area contributed by atoms with Gasteiger partial charge in [0.25, 0.3) is 0 Å². The molecule has 0 spiro atoms. The molecule has 1 aliphatic heterocycles. The topological polar surface area (TPSA) is 57.2 Å². The lowest BCUT2D eigenvalue weighted by molar-refractivity contribution is 0.206. The second-order valence-electron chi connectivity index (χ2n) is 6.63. The van der Waals surface area contributed by atoms with Crippen LogP contribution >= 0.6 is 0 Å². The summed E-state index contributed by atoms with van der Waals surface area (Å²) in [6.45, 7) is 5.09. The van der Waals surface area contributed by atoms with Crippen molar-refractivity contribution in [3.05, 3.63) is 41.9 Å². The molecule has 0 aliphatic carbocycles. The predicted molar refractivity (Wildman–Crippen MR) is 97.3 cm³/mol. The molecule has 0 amide bonds. The number of hydrogen-bond acceptors (Lipinski definition) is 6. The minimum absolute atomic E-state index is 0.411. The van der Waals surface area contributed by atoms with Crippen LogP contribution in [0.3, 0.4) is 0 Å². The van der Waals surface area contributed by atoms with Gasteiger partial charge >= 0.3 is 0 Å². The Bertz CT molecular complexity index is 672. The minimum atomic E-state index is 0.411. The molecule has 6 heteroatoms. The number of likely N-dealkylation sites (tertiary alicyclic amines) is 1. The highest BCUT2D eigenvalue weighted by Gasteiger charge is 2.20. The largest absolute Gasteiger partial charge is 0.366 e. The van der Waals surface area contributed by atoms with Crippen LogP contribution in [0.5, 0.6) is 0 Å². The van der Waals surface area contributed by atoms with Gasteiger partial charge in [0.2, 0.25) is 5.95 Å². The number of aryl methyl sites for hydroxylation is 1. The van der Waals surface area contributed by atoms with Gasteiger partial charge in [0.15, 0.2) is 0 Å². The molecule has 24 heavy (non-hydrogen) atoms. The van der Waals surface area contributed by atoms with Crippen LogP contribution in [0.1, 0.15) is 24.2 Å². The van der Waals surface area contributed by atoms with E-state index in [0.29, 0.717) is 6.04 Å². The molecule has 1 aliphatic rings. The molecule has 3 heterocycles. The highest BCUT2D eigenvalue weighted by atomic mass is 15.2. The highest BCUT2D eigenvalue weighted by Crippen LogP contribution is 2.17. The molecule has 1 unspecified atom stereocenters. The fourth-order valence-electron chi connectivity index (χ4n) is 3.09. The minimum Gasteiger partial charge on any atom is -0.366 e. The summed E-state index contributed by atoms with van der Waals surface area (Å²) < 4.78 is 0. The van der Waals surface area contributed by atoms with Crippen molar-refractivity contribution in [1.82, 2.24) is 19.9 Å². The van der Waals surface area contributed by atoms with E-state index in [1.54, 1.807) is 0 Å². The van der Waals surface area contributed by atoms with E-state index in [0.717, 1.165) is 42.8 Å². The third-order valence-corrected chi connectivity index (χ3v) is 4.23. The number of anilines is 2. The molecular weight excluding hydrogens is 300 g/mol. The smallest absolute Gasteiger partial charge is 0.226 e. The Kier molecular flexibility index (Phi) is 5.25. The van der Waals surface area contributed by atoms with Crippen molar-refractivity contribution in [3.63, 3.8) is 0 Å². The molecule has 0 bridgehead atoms. The van der Waals surface area contributed by atoms with Gasteiger partial charge in [-0.2, -0.15) is 4.98 Å². The number of piperidine rings is 1. The summed E-state index contributed by atoms with van der Waals surface area (Å²) in [7, 11) is 3.91. The van der Waals surface area contributed by atoms with Crippen molar-refractivity contribution in [2.24, 2.45) is 0 Å². The average Bonchev–Trinajstić information content (AvgIpc) is 2.55. The van der Waals surface area contributed by atoms with Crippen LogP contribution in [0.4, 0.5) is 11.8 Å². The van der Waals surface area contributed by atoms with Gasteiger partial charge < -0.3 is 10.2 Å². The Morgan fingerprint density at radius 1 is 1.25 bits per heavy atom. The van der Waals surface area contributed by atoms with Gasteiger partial charge in [-0.3, -0.25) is 9.88 Å². The Hall–Kier alpha value is -2.21.